The molecule has 2 N–H and O–H groups in total. The van der Waals surface area contributed by atoms with Crippen molar-refractivity contribution in [2.24, 2.45) is 0 Å². The van der Waals surface area contributed by atoms with Gasteiger partial charge in [-0.1, -0.05) is 15.9 Å². The summed E-state index contributed by atoms with van der Waals surface area (Å²) in [5.41, 5.74) is 1.49. The lowest BCUT2D eigenvalue weighted by atomic mass is 10.2. The van der Waals surface area contributed by atoms with Crippen molar-refractivity contribution >= 4 is 31.8 Å². The summed E-state index contributed by atoms with van der Waals surface area (Å²) in [6.45, 7) is 1.86. The van der Waals surface area contributed by atoms with Gasteiger partial charge in [0, 0.05) is 10.5 Å². The molecule has 0 bridgehead atoms. The van der Waals surface area contributed by atoms with Gasteiger partial charge in [-0.05, 0) is 43.5 Å². The SMILES string of the molecule is Cc1cc(Br)ccc1NS(=O)(=O)NC1CC1. The zero-order valence-corrected chi connectivity index (χ0v) is 11.2. The summed E-state index contributed by atoms with van der Waals surface area (Å²) < 4.78 is 29.3. The second-order valence-electron chi connectivity index (χ2n) is 3.96. The van der Waals surface area contributed by atoms with E-state index in [9.17, 15) is 8.42 Å². The summed E-state index contributed by atoms with van der Waals surface area (Å²) in [5.74, 6) is 0. The van der Waals surface area contributed by atoms with Crippen LogP contribution in [-0.2, 0) is 10.2 Å². The summed E-state index contributed by atoms with van der Waals surface area (Å²) in [7, 11) is -3.42. The van der Waals surface area contributed by atoms with Gasteiger partial charge in [0.25, 0.3) is 10.2 Å². The Morgan fingerprint density at radius 1 is 1.38 bits per heavy atom. The Bertz CT molecular complexity index is 498. The Morgan fingerprint density at radius 3 is 2.62 bits per heavy atom. The topological polar surface area (TPSA) is 58.2 Å². The third kappa shape index (κ3) is 3.20. The average Bonchev–Trinajstić information content (AvgIpc) is 2.93. The number of nitrogens with one attached hydrogen (secondary N) is 2. The summed E-state index contributed by atoms with van der Waals surface area (Å²) in [5, 5.41) is 0. The molecule has 0 amide bonds. The first kappa shape index (κ1) is 11.9. The fraction of sp³-hybridized carbons (Fsp3) is 0.400. The molecule has 2 rings (SSSR count). The number of rotatable bonds is 4. The molecule has 1 aromatic rings. The molecule has 0 heterocycles. The summed E-state index contributed by atoms with van der Waals surface area (Å²) in [6.07, 6.45) is 1.86. The molecule has 4 nitrogen and oxygen atoms in total. The number of anilines is 1. The van der Waals surface area contributed by atoms with Crippen molar-refractivity contribution < 1.29 is 8.42 Å². The molecule has 0 atom stereocenters. The van der Waals surface area contributed by atoms with Crippen LogP contribution in [0.2, 0.25) is 0 Å². The fourth-order valence-corrected chi connectivity index (χ4v) is 3.06. The lowest BCUT2D eigenvalue weighted by Gasteiger charge is -2.11. The molecule has 1 saturated carbocycles. The highest BCUT2D eigenvalue weighted by Crippen LogP contribution is 2.23. The Morgan fingerprint density at radius 2 is 2.06 bits per heavy atom. The van der Waals surface area contributed by atoms with Crippen molar-refractivity contribution in [3.05, 3.63) is 28.2 Å². The lowest BCUT2D eigenvalue weighted by Crippen LogP contribution is -2.31. The van der Waals surface area contributed by atoms with E-state index in [0.717, 1.165) is 22.9 Å². The van der Waals surface area contributed by atoms with Gasteiger partial charge >= 0.3 is 0 Å². The minimum absolute atomic E-state index is 0.119. The van der Waals surface area contributed by atoms with Gasteiger partial charge in [0.1, 0.15) is 0 Å². The average molecular weight is 305 g/mol. The molecular formula is C10H13BrN2O2S. The lowest BCUT2D eigenvalue weighted by molar-refractivity contribution is 0.586. The van der Waals surface area contributed by atoms with Gasteiger partial charge in [0.05, 0.1) is 5.69 Å². The summed E-state index contributed by atoms with van der Waals surface area (Å²) in [4.78, 5) is 0. The maximum Gasteiger partial charge on any atom is 0.299 e. The maximum atomic E-state index is 11.7. The van der Waals surface area contributed by atoms with Crippen molar-refractivity contribution in [3.8, 4) is 0 Å². The zero-order chi connectivity index (χ0) is 11.8. The van der Waals surface area contributed by atoms with E-state index in [2.05, 4.69) is 25.4 Å². The number of hydrogen-bond acceptors (Lipinski definition) is 2. The van der Waals surface area contributed by atoms with E-state index >= 15 is 0 Å². The Labute approximate surface area is 104 Å². The highest BCUT2D eigenvalue weighted by atomic mass is 79.9. The number of aryl methyl sites for hydroxylation is 1. The molecule has 6 heteroatoms. The van der Waals surface area contributed by atoms with E-state index in [1.54, 1.807) is 6.07 Å². The molecule has 0 aliphatic heterocycles. The fourth-order valence-electron chi connectivity index (χ4n) is 1.34. The molecule has 1 aliphatic carbocycles. The van der Waals surface area contributed by atoms with Crippen molar-refractivity contribution in [1.29, 1.82) is 0 Å². The van der Waals surface area contributed by atoms with Crippen LogP contribution in [0.25, 0.3) is 0 Å². The monoisotopic (exact) mass is 304 g/mol. The van der Waals surface area contributed by atoms with E-state index in [1.165, 1.54) is 0 Å². The first-order valence-corrected chi connectivity index (χ1v) is 7.30. The molecule has 0 saturated heterocycles. The van der Waals surface area contributed by atoms with Crippen molar-refractivity contribution in [2.45, 2.75) is 25.8 Å². The molecule has 0 radical (unpaired) electrons. The van der Waals surface area contributed by atoms with Crippen molar-refractivity contribution in [2.75, 3.05) is 4.72 Å². The molecule has 1 aromatic carbocycles. The first-order valence-electron chi connectivity index (χ1n) is 5.02. The third-order valence-corrected chi connectivity index (χ3v) is 3.96. The van der Waals surface area contributed by atoms with Gasteiger partial charge < -0.3 is 0 Å². The highest BCUT2D eigenvalue weighted by Gasteiger charge is 2.26. The second kappa shape index (κ2) is 4.35. The van der Waals surface area contributed by atoms with Gasteiger partial charge in [-0.2, -0.15) is 13.1 Å². The van der Waals surface area contributed by atoms with E-state index in [4.69, 9.17) is 0 Å². The number of halogens is 1. The Kier molecular flexibility index (Phi) is 3.23. The minimum Gasteiger partial charge on any atom is -0.271 e. The van der Waals surface area contributed by atoms with Gasteiger partial charge in [-0.25, -0.2) is 0 Å². The number of hydrogen-bond donors (Lipinski definition) is 2. The minimum atomic E-state index is -3.42. The zero-order valence-electron chi connectivity index (χ0n) is 8.83. The maximum absolute atomic E-state index is 11.7. The van der Waals surface area contributed by atoms with Crippen LogP contribution in [-0.4, -0.2) is 14.5 Å². The molecule has 1 fully saturated rings. The van der Waals surface area contributed by atoms with Gasteiger partial charge in [-0.3, -0.25) is 4.72 Å². The van der Waals surface area contributed by atoms with E-state index in [1.807, 2.05) is 19.1 Å². The van der Waals surface area contributed by atoms with Crippen LogP contribution in [0.1, 0.15) is 18.4 Å². The molecule has 0 unspecified atom stereocenters. The molecule has 1 aliphatic rings. The number of benzene rings is 1. The Hall–Kier alpha value is -0.590. The predicted octanol–water partition coefficient (Wildman–Crippen LogP) is 2.17. The third-order valence-electron chi connectivity index (χ3n) is 2.33. The molecular weight excluding hydrogens is 292 g/mol. The highest BCUT2D eigenvalue weighted by molar-refractivity contribution is 9.10. The standard InChI is InChI=1S/C10H13BrN2O2S/c1-7-6-8(11)2-5-10(7)13-16(14,15)12-9-3-4-9/h2,5-6,9,12-13H,3-4H2,1H3. The normalized spacial score (nSPS) is 16.1. The quantitative estimate of drug-likeness (QED) is 0.895. The molecule has 88 valence electrons. The van der Waals surface area contributed by atoms with Crippen LogP contribution >= 0.6 is 15.9 Å². The summed E-state index contributed by atoms with van der Waals surface area (Å²) >= 11 is 3.33. The summed E-state index contributed by atoms with van der Waals surface area (Å²) in [6, 6.07) is 5.54. The smallest absolute Gasteiger partial charge is 0.271 e. The van der Waals surface area contributed by atoms with Crippen molar-refractivity contribution in [1.82, 2.24) is 4.72 Å². The van der Waals surface area contributed by atoms with Crippen LogP contribution in [0.5, 0.6) is 0 Å². The second-order valence-corrected chi connectivity index (χ2v) is 6.32. The van der Waals surface area contributed by atoms with Gasteiger partial charge in [0.2, 0.25) is 0 Å². The molecule has 0 spiro atoms. The van der Waals surface area contributed by atoms with Crippen LogP contribution < -0.4 is 9.44 Å². The van der Waals surface area contributed by atoms with Gasteiger partial charge in [-0.15, -0.1) is 0 Å². The van der Waals surface area contributed by atoms with Crippen molar-refractivity contribution in [3.63, 3.8) is 0 Å². The van der Waals surface area contributed by atoms with Crippen LogP contribution in [0.3, 0.4) is 0 Å². The Balaban J connectivity index is 2.13. The largest absolute Gasteiger partial charge is 0.299 e. The van der Waals surface area contributed by atoms with Crippen LogP contribution in [0, 0.1) is 6.92 Å². The predicted molar refractivity (Wildman–Crippen MR) is 67.6 cm³/mol. The molecule has 0 aromatic heterocycles. The van der Waals surface area contributed by atoms with E-state index in [0.29, 0.717) is 5.69 Å². The van der Waals surface area contributed by atoms with E-state index < -0.39 is 10.2 Å². The van der Waals surface area contributed by atoms with Crippen LogP contribution in [0.4, 0.5) is 5.69 Å². The van der Waals surface area contributed by atoms with E-state index in [-0.39, 0.29) is 6.04 Å². The van der Waals surface area contributed by atoms with Gasteiger partial charge in [0.15, 0.2) is 0 Å². The molecule has 16 heavy (non-hydrogen) atoms. The first-order chi connectivity index (χ1) is 7.46. The van der Waals surface area contributed by atoms with Crippen LogP contribution in [0.15, 0.2) is 22.7 Å².